The lowest BCUT2D eigenvalue weighted by atomic mass is 10.1. The monoisotopic (exact) mass is 800 g/mol. The standard InChI is InChI=1S/C47H52N4O8/c1-50(36-14-20-40(48-28-36)34-24-42(54-5)46(43(25-34)55-6)58-30-32-10-16-38(52-3)17-11-32)22-9-23-51(2)37-15-21-41(49-29-37)35-26-44(56-7)47(45(27-35)57-8)59-31-33-12-18-39(53-4)19-13-33/h10-21,24-29H,9,22-23,30-31H2,1-8H3. The first-order chi connectivity index (χ1) is 28.8. The van der Waals surface area contributed by atoms with Gasteiger partial charge >= 0.3 is 0 Å². The lowest BCUT2D eigenvalue weighted by Gasteiger charge is -2.23. The molecule has 0 aliphatic rings. The summed E-state index contributed by atoms with van der Waals surface area (Å²) in [6, 6.07) is 31.3. The van der Waals surface area contributed by atoms with Gasteiger partial charge in [-0.2, -0.15) is 0 Å². The number of hydrogen-bond acceptors (Lipinski definition) is 12. The van der Waals surface area contributed by atoms with Gasteiger partial charge in [0.05, 0.1) is 77.8 Å². The zero-order chi connectivity index (χ0) is 41.7. The molecule has 0 unspecified atom stereocenters. The number of nitrogens with zero attached hydrogens (tertiary/aromatic N) is 4. The molecule has 4 aromatic carbocycles. The van der Waals surface area contributed by atoms with Gasteiger partial charge in [0.2, 0.25) is 11.5 Å². The summed E-state index contributed by atoms with van der Waals surface area (Å²) in [5.74, 6) is 4.89. The Labute approximate surface area is 346 Å². The van der Waals surface area contributed by atoms with E-state index in [9.17, 15) is 0 Å². The van der Waals surface area contributed by atoms with Gasteiger partial charge in [-0.1, -0.05) is 24.3 Å². The fourth-order valence-corrected chi connectivity index (χ4v) is 6.46. The average molecular weight is 801 g/mol. The van der Waals surface area contributed by atoms with Gasteiger partial charge in [-0.15, -0.1) is 0 Å². The molecule has 0 atom stereocenters. The van der Waals surface area contributed by atoms with E-state index in [0.717, 1.165) is 76.0 Å². The molecule has 12 nitrogen and oxygen atoms in total. The maximum Gasteiger partial charge on any atom is 0.203 e. The molecule has 12 heteroatoms. The summed E-state index contributed by atoms with van der Waals surface area (Å²) in [4.78, 5) is 14.0. The predicted molar refractivity (Wildman–Crippen MR) is 231 cm³/mol. The van der Waals surface area contributed by atoms with Crippen molar-refractivity contribution in [3.05, 3.63) is 121 Å². The second-order valence-electron chi connectivity index (χ2n) is 13.7. The van der Waals surface area contributed by atoms with Crippen LogP contribution in [-0.2, 0) is 13.2 Å². The molecular formula is C47H52N4O8. The molecule has 2 aromatic heterocycles. The van der Waals surface area contributed by atoms with Crippen LogP contribution >= 0.6 is 0 Å². The van der Waals surface area contributed by atoms with Crippen LogP contribution in [0.15, 0.2) is 109 Å². The highest BCUT2D eigenvalue weighted by Gasteiger charge is 2.18. The van der Waals surface area contributed by atoms with Gasteiger partial charge in [0, 0.05) is 38.3 Å². The Balaban J connectivity index is 1.03. The van der Waals surface area contributed by atoms with Crippen LogP contribution in [0.2, 0.25) is 0 Å². The van der Waals surface area contributed by atoms with Crippen molar-refractivity contribution < 1.29 is 37.9 Å². The first-order valence-corrected chi connectivity index (χ1v) is 19.2. The van der Waals surface area contributed by atoms with Gasteiger partial charge in [-0.3, -0.25) is 9.97 Å². The molecule has 0 fully saturated rings. The number of hydrogen-bond donors (Lipinski definition) is 0. The van der Waals surface area contributed by atoms with Gasteiger partial charge in [0.1, 0.15) is 24.7 Å². The average Bonchev–Trinajstić information content (AvgIpc) is 3.29. The normalized spacial score (nSPS) is 10.7. The summed E-state index contributed by atoms with van der Waals surface area (Å²) in [7, 11) is 13.9. The lowest BCUT2D eigenvalue weighted by molar-refractivity contribution is 0.266. The van der Waals surface area contributed by atoms with Gasteiger partial charge in [0.25, 0.3) is 0 Å². The van der Waals surface area contributed by atoms with Crippen molar-refractivity contribution in [2.75, 3.05) is 79.6 Å². The second kappa shape index (κ2) is 20.0. The highest BCUT2D eigenvalue weighted by molar-refractivity contribution is 5.71. The molecular weight excluding hydrogens is 749 g/mol. The van der Waals surface area contributed by atoms with Crippen molar-refractivity contribution >= 4 is 11.4 Å². The summed E-state index contributed by atoms with van der Waals surface area (Å²) in [6.45, 7) is 2.37. The van der Waals surface area contributed by atoms with E-state index in [4.69, 9.17) is 47.9 Å². The Morgan fingerprint density at radius 3 is 1.08 bits per heavy atom. The van der Waals surface area contributed by atoms with E-state index in [1.165, 1.54) is 0 Å². The molecule has 0 aliphatic carbocycles. The van der Waals surface area contributed by atoms with E-state index in [-0.39, 0.29) is 0 Å². The van der Waals surface area contributed by atoms with Crippen LogP contribution in [-0.4, -0.2) is 79.8 Å². The summed E-state index contributed by atoms with van der Waals surface area (Å²) >= 11 is 0. The van der Waals surface area contributed by atoms with Crippen LogP contribution in [0.3, 0.4) is 0 Å². The SMILES string of the molecule is COc1ccc(COc2c(OC)cc(-c3ccc(N(C)CCCN(C)c4ccc(-c5cc(OC)c(OCc6ccc(OC)cc6)c(OC)c5)nc4)cn3)cc2OC)cc1. The molecule has 0 radical (unpaired) electrons. The Hall–Kier alpha value is -6.82. The number of rotatable bonds is 20. The third-order valence-corrected chi connectivity index (χ3v) is 9.96. The highest BCUT2D eigenvalue weighted by Crippen LogP contribution is 2.43. The third kappa shape index (κ3) is 10.4. The summed E-state index contributed by atoms with van der Waals surface area (Å²) < 4.78 is 45.7. The lowest BCUT2D eigenvalue weighted by Crippen LogP contribution is -2.25. The molecule has 0 saturated carbocycles. The minimum atomic E-state index is 0.347. The van der Waals surface area contributed by atoms with Crippen LogP contribution in [0.25, 0.3) is 22.5 Å². The maximum absolute atomic E-state index is 6.16. The van der Waals surface area contributed by atoms with Crippen LogP contribution in [0.4, 0.5) is 11.4 Å². The van der Waals surface area contributed by atoms with E-state index in [1.807, 2.05) is 97.3 Å². The molecule has 6 rings (SSSR count). The zero-order valence-electron chi connectivity index (χ0n) is 35.0. The molecule has 308 valence electrons. The van der Waals surface area contributed by atoms with Crippen LogP contribution in [0.5, 0.6) is 46.0 Å². The minimum absolute atomic E-state index is 0.347. The quantitative estimate of drug-likeness (QED) is 0.0736. The molecule has 2 heterocycles. The Morgan fingerprint density at radius 2 is 0.797 bits per heavy atom. The molecule has 0 bridgehead atoms. The molecule has 0 amide bonds. The highest BCUT2D eigenvalue weighted by atomic mass is 16.5. The smallest absolute Gasteiger partial charge is 0.203 e. The first kappa shape index (κ1) is 41.8. The number of ether oxygens (including phenoxy) is 8. The number of anilines is 2. The van der Waals surface area contributed by atoms with E-state index in [2.05, 4.69) is 36.0 Å². The molecule has 0 aliphatic heterocycles. The zero-order valence-corrected chi connectivity index (χ0v) is 35.0. The molecule has 0 saturated heterocycles. The number of aromatic nitrogens is 2. The Morgan fingerprint density at radius 1 is 0.441 bits per heavy atom. The van der Waals surface area contributed by atoms with E-state index >= 15 is 0 Å². The van der Waals surface area contributed by atoms with Gasteiger partial charge in [-0.05, 0) is 90.3 Å². The van der Waals surface area contributed by atoms with E-state index in [1.54, 1.807) is 42.7 Å². The maximum atomic E-state index is 6.16. The van der Waals surface area contributed by atoms with Gasteiger partial charge < -0.3 is 47.7 Å². The fraction of sp³-hybridized carbons (Fsp3) is 0.277. The van der Waals surface area contributed by atoms with Crippen LogP contribution < -0.4 is 47.7 Å². The molecule has 0 N–H and O–H groups in total. The van der Waals surface area contributed by atoms with Crippen molar-refractivity contribution in [1.29, 1.82) is 0 Å². The topological polar surface area (TPSA) is 106 Å². The Bertz CT molecular complexity index is 2040. The van der Waals surface area contributed by atoms with Crippen molar-refractivity contribution in [3.8, 4) is 68.5 Å². The van der Waals surface area contributed by atoms with E-state index in [0.29, 0.717) is 47.7 Å². The second-order valence-corrected chi connectivity index (χ2v) is 13.7. The fourth-order valence-electron chi connectivity index (χ4n) is 6.46. The van der Waals surface area contributed by atoms with Crippen molar-refractivity contribution in [2.45, 2.75) is 19.6 Å². The van der Waals surface area contributed by atoms with Crippen LogP contribution in [0, 0.1) is 0 Å². The first-order valence-electron chi connectivity index (χ1n) is 19.2. The molecule has 6 aromatic rings. The Kier molecular flexibility index (Phi) is 14.2. The summed E-state index contributed by atoms with van der Waals surface area (Å²) in [5.41, 5.74) is 7.32. The summed E-state index contributed by atoms with van der Waals surface area (Å²) in [6.07, 6.45) is 4.70. The number of pyridine rings is 2. The molecule has 59 heavy (non-hydrogen) atoms. The van der Waals surface area contributed by atoms with Gasteiger partial charge in [0.15, 0.2) is 23.0 Å². The van der Waals surface area contributed by atoms with Crippen LogP contribution in [0.1, 0.15) is 17.5 Å². The largest absolute Gasteiger partial charge is 0.497 e. The molecule has 0 spiro atoms. The number of methoxy groups -OCH3 is 6. The summed E-state index contributed by atoms with van der Waals surface area (Å²) in [5, 5.41) is 0. The van der Waals surface area contributed by atoms with Gasteiger partial charge in [-0.25, -0.2) is 0 Å². The minimum Gasteiger partial charge on any atom is -0.497 e. The van der Waals surface area contributed by atoms with Crippen molar-refractivity contribution in [1.82, 2.24) is 9.97 Å². The van der Waals surface area contributed by atoms with Crippen molar-refractivity contribution in [3.63, 3.8) is 0 Å². The van der Waals surface area contributed by atoms with Crippen molar-refractivity contribution in [2.24, 2.45) is 0 Å². The third-order valence-electron chi connectivity index (χ3n) is 9.96. The predicted octanol–water partition coefficient (Wildman–Crippen LogP) is 8.98. The number of benzene rings is 4. The van der Waals surface area contributed by atoms with E-state index < -0.39 is 0 Å².